The summed E-state index contributed by atoms with van der Waals surface area (Å²) >= 11 is 3.39. The molecular formula is C15H17BrF3NO. The number of benzene rings is 1. The molecule has 6 heteroatoms. The molecule has 1 amide bonds. The molecule has 0 saturated heterocycles. The van der Waals surface area contributed by atoms with Gasteiger partial charge in [0.2, 0.25) is 0 Å². The molecule has 1 saturated carbocycles. The summed E-state index contributed by atoms with van der Waals surface area (Å²) in [6.45, 7) is 0. The van der Waals surface area contributed by atoms with Crippen molar-refractivity contribution in [1.82, 2.24) is 5.32 Å². The fourth-order valence-corrected chi connectivity index (χ4v) is 3.46. The van der Waals surface area contributed by atoms with Crippen molar-refractivity contribution in [1.29, 1.82) is 0 Å². The van der Waals surface area contributed by atoms with Crippen molar-refractivity contribution in [2.45, 2.75) is 43.8 Å². The normalized spacial score (nSPS) is 18.3. The molecule has 2 rings (SSSR count). The molecule has 0 aromatic heterocycles. The summed E-state index contributed by atoms with van der Waals surface area (Å²) in [5.74, 6) is -0.649. The average molecular weight is 364 g/mol. The summed E-state index contributed by atoms with van der Waals surface area (Å²) in [5.41, 5.74) is -1.63. The highest BCUT2D eigenvalue weighted by molar-refractivity contribution is 9.09. The SMILES string of the molecule is O=C(NC1(CBr)CCCCC1)c1ccccc1C(F)(F)F. The molecule has 0 heterocycles. The van der Waals surface area contributed by atoms with Gasteiger partial charge in [0.1, 0.15) is 0 Å². The first-order chi connectivity index (χ1) is 9.88. The molecule has 1 aliphatic carbocycles. The van der Waals surface area contributed by atoms with Crippen molar-refractivity contribution < 1.29 is 18.0 Å². The Morgan fingerprint density at radius 3 is 2.38 bits per heavy atom. The van der Waals surface area contributed by atoms with E-state index in [1.54, 1.807) is 0 Å². The Kier molecular flexibility index (Phi) is 4.96. The number of alkyl halides is 4. The second kappa shape index (κ2) is 6.38. The highest BCUT2D eigenvalue weighted by atomic mass is 79.9. The molecule has 116 valence electrons. The summed E-state index contributed by atoms with van der Waals surface area (Å²) < 4.78 is 38.9. The van der Waals surface area contributed by atoms with Gasteiger partial charge in [-0.1, -0.05) is 47.3 Å². The number of halogens is 4. The van der Waals surface area contributed by atoms with E-state index in [4.69, 9.17) is 0 Å². The maximum Gasteiger partial charge on any atom is 0.417 e. The molecule has 2 nitrogen and oxygen atoms in total. The molecule has 1 aliphatic rings. The maximum atomic E-state index is 13.0. The third kappa shape index (κ3) is 3.78. The van der Waals surface area contributed by atoms with Gasteiger partial charge in [-0.15, -0.1) is 0 Å². The van der Waals surface area contributed by atoms with E-state index in [2.05, 4.69) is 21.2 Å². The first-order valence-electron chi connectivity index (χ1n) is 6.93. The maximum absolute atomic E-state index is 13.0. The molecule has 0 radical (unpaired) electrons. The number of carbonyl (C=O) groups is 1. The van der Waals surface area contributed by atoms with Crippen LogP contribution in [0, 0.1) is 0 Å². The minimum atomic E-state index is -4.53. The first kappa shape index (κ1) is 16.3. The summed E-state index contributed by atoms with van der Waals surface area (Å²) in [5, 5.41) is 3.38. The van der Waals surface area contributed by atoms with E-state index >= 15 is 0 Å². The minimum Gasteiger partial charge on any atom is -0.346 e. The summed E-state index contributed by atoms with van der Waals surface area (Å²) in [6.07, 6.45) is 0.113. The summed E-state index contributed by atoms with van der Waals surface area (Å²) in [6, 6.07) is 4.91. The van der Waals surface area contributed by atoms with Crippen LogP contribution in [-0.4, -0.2) is 16.8 Å². The highest BCUT2D eigenvalue weighted by Gasteiger charge is 2.37. The zero-order valence-electron chi connectivity index (χ0n) is 11.5. The molecule has 1 aromatic carbocycles. The molecule has 0 bridgehead atoms. The predicted octanol–water partition coefficient (Wildman–Crippen LogP) is 4.53. The van der Waals surface area contributed by atoms with Crippen molar-refractivity contribution >= 4 is 21.8 Å². The van der Waals surface area contributed by atoms with E-state index in [0.29, 0.717) is 5.33 Å². The third-order valence-corrected chi connectivity index (χ3v) is 5.00. The van der Waals surface area contributed by atoms with Gasteiger partial charge in [0, 0.05) is 5.33 Å². The minimum absolute atomic E-state index is 0.309. The van der Waals surface area contributed by atoms with Gasteiger partial charge in [0.25, 0.3) is 5.91 Å². The van der Waals surface area contributed by atoms with Crippen LogP contribution in [-0.2, 0) is 6.18 Å². The molecule has 1 aromatic rings. The Balaban J connectivity index is 2.24. The largest absolute Gasteiger partial charge is 0.417 e. The zero-order valence-corrected chi connectivity index (χ0v) is 13.1. The second-order valence-corrected chi connectivity index (χ2v) is 6.03. The monoisotopic (exact) mass is 363 g/mol. The van der Waals surface area contributed by atoms with Crippen molar-refractivity contribution in [2.75, 3.05) is 5.33 Å². The highest BCUT2D eigenvalue weighted by Crippen LogP contribution is 2.33. The lowest BCUT2D eigenvalue weighted by Crippen LogP contribution is -2.51. The van der Waals surface area contributed by atoms with Crippen molar-refractivity contribution in [3.8, 4) is 0 Å². The Morgan fingerprint density at radius 2 is 1.81 bits per heavy atom. The fourth-order valence-electron chi connectivity index (χ4n) is 2.76. The standard InChI is InChI=1S/C15H17BrF3NO/c16-10-14(8-4-1-5-9-14)20-13(21)11-6-2-3-7-12(11)15(17,18)19/h2-3,6-7H,1,4-5,8-10H2,(H,20,21). The average Bonchev–Trinajstić information content (AvgIpc) is 2.47. The van der Waals surface area contributed by atoms with Crippen LogP contribution in [0.5, 0.6) is 0 Å². The first-order valence-corrected chi connectivity index (χ1v) is 8.05. The van der Waals surface area contributed by atoms with E-state index < -0.39 is 23.2 Å². The molecule has 0 unspecified atom stereocenters. The molecule has 0 aliphatic heterocycles. The second-order valence-electron chi connectivity index (χ2n) is 5.47. The van der Waals surface area contributed by atoms with Crippen molar-refractivity contribution in [3.05, 3.63) is 35.4 Å². The third-order valence-electron chi connectivity index (χ3n) is 3.92. The molecule has 21 heavy (non-hydrogen) atoms. The van der Waals surface area contributed by atoms with Crippen LogP contribution in [0.1, 0.15) is 48.0 Å². The quantitative estimate of drug-likeness (QED) is 0.785. The van der Waals surface area contributed by atoms with E-state index in [9.17, 15) is 18.0 Å². The van der Waals surface area contributed by atoms with Crippen LogP contribution in [0.25, 0.3) is 0 Å². The van der Waals surface area contributed by atoms with Crippen LogP contribution < -0.4 is 5.32 Å². The van der Waals surface area contributed by atoms with E-state index in [0.717, 1.165) is 38.2 Å². The Labute approximate surface area is 130 Å². The number of amides is 1. The van der Waals surface area contributed by atoms with E-state index in [1.165, 1.54) is 18.2 Å². The molecule has 0 atom stereocenters. The summed E-state index contributed by atoms with van der Waals surface area (Å²) in [4.78, 5) is 12.3. The molecular weight excluding hydrogens is 347 g/mol. The van der Waals surface area contributed by atoms with Gasteiger partial charge in [0.05, 0.1) is 16.7 Å². The topological polar surface area (TPSA) is 29.1 Å². The van der Waals surface area contributed by atoms with E-state index in [-0.39, 0.29) is 5.56 Å². The van der Waals surface area contributed by atoms with E-state index in [1.807, 2.05) is 0 Å². The van der Waals surface area contributed by atoms with Crippen LogP contribution in [0.2, 0.25) is 0 Å². The number of hydrogen-bond acceptors (Lipinski definition) is 1. The van der Waals surface area contributed by atoms with Crippen LogP contribution in [0.4, 0.5) is 13.2 Å². The predicted molar refractivity (Wildman–Crippen MR) is 78.5 cm³/mol. The van der Waals surface area contributed by atoms with Gasteiger partial charge in [-0.3, -0.25) is 4.79 Å². The van der Waals surface area contributed by atoms with Crippen LogP contribution in [0.3, 0.4) is 0 Å². The van der Waals surface area contributed by atoms with Gasteiger partial charge in [-0.2, -0.15) is 13.2 Å². The fraction of sp³-hybridized carbons (Fsp3) is 0.533. The van der Waals surface area contributed by atoms with Gasteiger partial charge < -0.3 is 5.32 Å². The molecule has 0 spiro atoms. The lowest BCUT2D eigenvalue weighted by Gasteiger charge is -2.36. The van der Waals surface area contributed by atoms with Crippen molar-refractivity contribution in [2.24, 2.45) is 0 Å². The van der Waals surface area contributed by atoms with Crippen molar-refractivity contribution in [3.63, 3.8) is 0 Å². The smallest absolute Gasteiger partial charge is 0.346 e. The summed E-state index contributed by atoms with van der Waals surface area (Å²) in [7, 11) is 0. The number of nitrogens with one attached hydrogen (secondary N) is 1. The van der Waals surface area contributed by atoms with Gasteiger partial charge in [0.15, 0.2) is 0 Å². The Morgan fingerprint density at radius 1 is 1.19 bits per heavy atom. The lowest BCUT2D eigenvalue weighted by molar-refractivity contribution is -0.138. The molecule has 1 fully saturated rings. The van der Waals surface area contributed by atoms with Crippen LogP contribution >= 0.6 is 15.9 Å². The Hall–Kier alpha value is -1.04. The lowest BCUT2D eigenvalue weighted by atomic mass is 9.83. The van der Waals surface area contributed by atoms with Gasteiger partial charge >= 0.3 is 6.18 Å². The van der Waals surface area contributed by atoms with Crippen LogP contribution in [0.15, 0.2) is 24.3 Å². The van der Waals surface area contributed by atoms with Gasteiger partial charge in [-0.05, 0) is 25.0 Å². The number of hydrogen-bond donors (Lipinski definition) is 1. The number of carbonyl (C=O) groups excluding carboxylic acids is 1. The molecule has 1 N–H and O–H groups in total. The van der Waals surface area contributed by atoms with Gasteiger partial charge in [-0.25, -0.2) is 0 Å². The number of rotatable bonds is 3. The Bertz CT molecular complexity index is 510. The zero-order chi connectivity index (χ0) is 15.5.